The van der Waals surface area contributed by atoms with Crippen LogP contribution in [-0.2, 0) is 10.1 Å². The van der Waals surface area contributed by atoms with Gasteiger partial charge in [0, 0.05) is 5.56 Å². The molecule has 22 heavy (non-hydrogen) atoms. The highest BCUT2D eigenvalue weighted by Gasteiger charge is 2.28. The van der Waals surface area contributed by atoms with Gasteiger partial charge in [-0.25, -0.2) is 0 Å². The smallest absolute Gasteiger partial charge is 0.298 e. The number of phenols is 2. The van der Waals surface area contributed by atoms with Crippen molar-refractivity contribution in [3.63, 3.8) is 0 Å². The first-order valence-corrected chi connectivity index (χ1v) is 7.41. The monoisotopic (exact) mass is 324 g/mol. The van der Waals surface area contributed by atoms with Gasteiger partial charge in [-0.3, -0.25) is 9.35 Å². The lowest BCUT2D eigenvalue weighted by atomic mass is 10.0. The Balaban J connectivity index is 2.73. The molecular formula is C14H12O7S. The molecular weight excluding hydrogens is 312 g/mol. The molecule has 0 saturated carbocycles. The Bertz CT molecular complexity index is 826. The van der Waals surface area contributed by atoms with Crippen LogP contribution >= 0.6 is 0 Å². The van der Waals surface area contributed by atoms with Crippen molar-refractivity contribution < 1.29 is 32.7 Å². The molecule has 2 aromatic rings. The zero-order chi connectivity index (χ0) is 16.5. The van der Waals surface area contributed by atoms with Gasteiger partial charge in [0.1, 0.15) is 4.90 Å². The van der Waals surface area contributed by atoms with Gasteiger partial charge in [-0.1, -0.05) is 30.3 Å². The second-order valence-electron chi connectivity index (χ2n) is 4.32. The van der Waals surface area contributed by atoms with Crippen LogP contribution in [0.4, 0.5) is 0 Å². The summed E-state index contributed by atoms with van der Waals surface area (Å²) < 4.78 is 36.6. The van der Waals surface area contributed by atoms with Gasteiger partial charge in [-0.05, 0) is 6.07 Å². The third kappa shape index (κ3) is 2.74. The minimum atomic E-state index is -4.77. The van der Waals surface area contributed by atoms with E-state index in [-0.39, 0.29) is 5.56 Å². The lowest BCUT2D eigenvalue weighted by molar-refractivity contribution is 0.103. The highest BCUT2D eigenvalue weighted by atomic mass is 32.2. The summed E-state index contributed by atoms with van der Waals surface area (Å²) in [5.41, 5.74) is -0.305. The van der Waals surface area contributed by atoms with Gasteiger partial charge in [-0.15, -0.1) is 0 Å². The fraction of sp³-hybridized carbons (Fsp3) is 0.0714. The largest absolute Gasteiger partial charge is 0.504 e. The summed E-state index contributed by atoms with van der Waals surface area (Å²) in [6, 6.07) is 8.49. The lowest BCUT2D eigenvalue weighted by Gasteiger charge is -2.13. The molecule has 0 radical (unpaired) electrons. The van der Waals surface area contributed by atoms with E-state index < -0.39 is 43.6 Å². The summed E-state index contributed by atoms with van der Waals surface area (Å²) >= 11 is 0. The number of phenolic OH excluding ortho intramolecular Hbond substituents is 2. The average Bonchev–Trinajstić information content (AvgIpc) is 2.48. The molecule has 8 heteroatoms. The van der Waals surface area contributed by atoms with Crippen LogP contribution in [0.25, 0.3) is 0 Å². The Morgan fingerprint density at radius 2 is 1.68 bits per heavy atom. The van der Waals surface area contributed by atoms with E-state index in [2.05, 4.69) is 4.74 Å². The number of carbonyl (C=O) groups excluding carboxylic acids is 1. The zero-order valence-corrected chi connectivity index (χ0v) is 12.2. The molecule has 116 valence electrons. The van der Waals surface area contributed by atoms with Crippen LogP contribution in [0.2, 0.25) is 0 Å². The van der Waals surface area contributed by atoms with Crippen LogP contribution in [0.15, 0.2) is 41.3 Å². The fourth-order valence-electron chi connectivity index (χ4n) is 1.92. The molecule has 0 heterocycles. The molecule has 0 atom stereocenters. The molecule has 0 aliphatic heterocycles. The number of carbonyl (C=O) groups is 1. The van der Waals surface area contributed by atoms with Gasteiger partial charge in [0.2, 0.25) is 5.75 Å². The highest BCUT2D eigenvalue weighted by molar-refractivity contribution is 7.86. The van der Waals surface area contributed by atoms with E-state index in [9.17, 15) is 28.0 Å². The van der Waals surface area contributed by atoms with E-state index in [0.29, 0.717) is 0 Å². The minimum absolute atomic E-state index is 0.170. The number of ether oxygens (including phenoxy) is 1. The lowest BCUT2D eigenvalue weighted by Crippen LogP contribution is -2.07. The van der Waals surface area contributed by atoms with Gasteiger partial charge in [0.15, 0.2) is 17.3 Å². The molecule has 0 amide bonds. The second-order valence-corrected chi connectivity index (χ2v) is 5.71. The predicted octanol–water partition coefficient (Wildman–Crippen LogP) is 1.58. The molecule has 0 aliphatic carbocycles. The zero-order valence-electron chi connectivity index (χ0n) is 11.3. The van der Waals surface area contributed by atoms with Gasteiger partial charge in [0.05, 0.1) is 12.7 Å². The molecule has 0 saturated heterocycles. The molecule has 0 aromatic heterocycles. The van der Waals surface area contributed by atoms with E-state index in [1.165, 1.54) is 12.1 Å². The standard InChI is InChI=1S/C14H12O7S/c1-21-14-10(22(18,19)20)7-9(12(16)13(14)17)11(15)8-5-3-2-4-6-8/h2-7,16-17H,1H3,(H,18,19,20). The topological polar surface area (TPSA) is 121 Å². The Kier molecular flexibility index (Phi) is 4.07. The van der Waals surface area contributed by atoms with Crippen LogP contribution in [0.3, 0.4) is 0 Å². The Labute approximate surface area is 126 Å². The van der Waals surface area contributed by atoms with Crippen molar-refractivity contribution in [1.82, 2.24) is 0 Å². The van der Waals surface area contributed by atoms with Crippen LogP contribution in [0.5, 0.6) is 17.2 Å². The summed E-state index contributed by atoms with van der Waals surface area (Å²) in [5.74, 6) is -3.15. The maximum atomic E-state index is 12.3. The Morgan fingerprint density at radius 3 is 2.18 bits per heavy atom. The van der Waals surface area contributed by atoms with Crippen LogP contribution in [-0.4, -0.2) is 36.1 Å². The van der Waals surface area contributed by atoms with E-state index in [1.807, 2.05) is 0 Å². The highest BCUT2D eigenvalue weighted by Crippen LogP contribution is 2.43. The van der Waals surface area contributed by atoms with Gasteiger partial charge in [-0.2, -0.15) is 8.42 Å². The van der Waals surface area contributed by atoms with Crippen molar-refractivity contribution in [3.05, 3.63) is 47.5 Å². The number of methoxy groups -OCH3 is 1. The van der Waals surface area contributed by atoms with E-state index in [0.717, 1.165) is 13.2 Å². The SMILES string of the molecule is COc1c(S(=O)(=O)O)cc(C(=O)c2ccccc2)c(O)c1O. The van der Waals surface area contributed by atoms with Crippen molar-refractivity contribution in [1.29, 1.82) is 0 Å². The van der Waals surface area contributed by atoms with Crippen molar-refractivity contribution in [2.75, 3.05) is 7.11 Å². The number of ketones is 1. The molecule has 0 bridgehead atoms. The first-order valence-electron chi connectivity index (χ1n) is 5.97. The van der Waals surface area contributed by atoms with Gasteiger partial charge >= 0.3 is 0 Å². The maximum Gasteiger partial charge on any atom is 0.298 e. The van der Waals surface area contributed by atoms with Crippen molar-refractivity contribution >= 4 is 15.9 Å². The van der Waals surface area contributed by atoms with Crippen LogP contribution in [0.1, 0.15) is 15.9 Å². The first-order chi connectivity index (χ1) is 10.3. The molecule has 0 unspecified atom stereocenters. The Morgan fingerprint density at radius 1 is 1.09 bits per heavy atom. The van der Waals surface area contributed by atoms with Gasteiger partial charge in [0.25, 0.3) is 10.1 Å². The van der Waals surface area contributed by atoms with E-state index in [1.54, 1.807) is 18.2 Å². The van der Waals surface area contributed by atoms with E-state index in [4.69, 9.17) is 0 Å². The third-order valence-electron chi connectivity index (χ3n) is 2.96. The molecule has 0 spiro atoms. The predicted molar refractivity (Wildman–Crippen MR) is 76.0 cm³/mol. The van der Waals surface area contributed by atoms with Crippen molar-refractivity contribution in [3.8, 4) is 17.2 Å². The molecule has 0 aliphatic rings. The van der Waals surface area contributed by atoms with Crippen LogP contribution < -0.4 is 4.74 Å². The molecule has 7 nitrogen and oxygen atoms in total. The molecule has 0 fully saturated rings. The summed E-state index contributed by atoms with van der Waals surface area (Å²) in [7, 11) is -3.73. The normalized spacial score (nSPS) is 11.2. The van der Waals surface area contributed by atoms with Crippen LogP contribution in [0, 0.1) is 0 Å². The summed E-state index contributed by atoms with van der Waals surface area (Å²) in [6.07, 6.45) is 0. The summed E-state index contributed by atoms with van der Waals surface area (Å²) in [5, 5.41) is 19.7. The first kappa shape index (κ1) is 15.8. The minimum Gasteiger partial charge on any atom is -0.504 e. The maximum absolute atomic E-state index is 12.3. The second kappa shape index (κ2) is 5.66. The number of hydrogen-bond acceptors (Lipinski definition) is 6. The number of aromatic hydroxyl groups is 2. The summed E-state index contributed by atoms with van der Waals surface area (Å²) in [6.45, 7) is 0. The van der Waals surface area contributed by atoms with Crippen molar-refractivity contribution in [2.45, 2.75) is 4.90 Å². The number of rotatable bonds is 4. The number of benzene rings is 2. The molecule has 2 rings (SSSR count). The average molecular weight is 324 g/mol. The van der Waals surface area contributed by atoms with Gasteiger partial charge < -0.3 is 14.9 Å². The van der Waals surface area contributed by atoms with Crippen molar-refractivity contribution in [2.24, 2.45) is 0 Å². The quantitative estimate of drug-likeness (QED) is 0.443. The molecule has 3 N–H and O–H groups in total. The third-order valence-corrected chi connectivity index (χ3v) is 3.82. The number of hydrogen-bond donors (Lipinski definition) is 3. The van der Waals surface area contributed by atoms with E-state index >= 15 is 0 Å². The molecule has 2 aromatic carbocycles. The summed E-state index contributed by atoms with van der Waals surface area (Å²) in [4.78, 5) is 11.5. The fourth-order valence-corrected chi connectivity index (χ4v) is 2.60. The Hall–Kier alpha value is -2.58.